The Morgan fingerprint density at radius 3 is 1.28 bits per heavy atom. The maximum Gasteiger partial charge on any atom is 0.213 e. The molecule has 2 aromatic carbocycles. The van der Waals surface area contributed by atoms with Crippen molar-refractivity contribution >= 4 is 11.8 Å². The van der Waals surface area contributed by atoms with Gasteiger partial charge in [-0.2, -0.15) is 0 Å². The lowest BCUT2D eigenvalue weighted by Crippen LogP contribution is -2.31. The normalized spacial score (nSPS) is 21.9. The Morgan fingerprint density at radius 2 is 0.938 bits per heavy atom. The number of aliphatic imine (C=N–C) groups is 2. The predicted molar refractivity (Wildman–Crippen MR) is 131 cm³/mol. The Hall–Kier alpha value is -3.14. The van der Waals surface area contributed by atoms with Crippen molar-refractivity contribution in [3.8, 4) is 0 Å². The number of ether oxygens (including phenoxy) is 2. The van der Waals surface area contributed by atoms with E-state index in [-0.39, 0.29) is 0 Å². The average molecular weight is 429 g/mol. The molecule has 4 rings (SSSR count). The summed E-state index contributed by atoms with van der Waals surface area (Å²) >= 11 is 0. The van der Waals surface area contributed by atoms with Crippen LogP contribution < -0.4 is 0 Å². The van der Waals surface area contributed by atoms with Crippen LogP contribution in [-0.4, -0.2) is 23.0 Å². The third-order valence-corrected chi connectivity index (χ3v) is 6.05. The molecule has 2 aromatic rings. The van der Waals surface area contributed by atoms with Crippen molar-refractivity contribution in [2.75, 3.05) is 0 Å². The summed E-state index contributed by atoms with van der Waals surface area (Å²) in [5.74, 6) is 1.42. The largest absolute Gasteiger partial charge is 0.467 e. The quantitative estimate of drug-likeness (QED) is 0.550. The average Bonchev–Trinajstić information content (AvgIpc) is 3.13. The molecule has 0 aliphatic carbocycles. The fourth-order valence-electron chi connectivity index (χ4n) is 4.63. The highest BCUT2D eigenvalue weighted by Crippen LogP contribution is 2.47. The van der Waals surface area contributed by atoms with Crippen LogP contribution in [0.15, 0.2) is 92.9 Å². The molecular formula is C28H32N2O2. The Kier molecular flexibility index (Phi) is 5.81. The number of nitrogens with zero attached hydrogens (tertiary/aromatic N) is 2. The van der Waals surface area contributed by atoms with Crippen molar-refractivity contribution in [1.29, 1.82) is 0 Å². The minimum Gasteiger partial charge on any atom is -0.467 e. The standard InChI is InChI=1S/C28H32N2O2/c1-19-23(27(3,4)31-25(19)29-17-21-13-9-7-10-14-21)24-20(2)26(32-28(24,5)6)30-18-22-15-11-8-12-16-22/h7-16H,17-18H2,1-6H3. The van der Waals surface area contributed by atoms with Gasteiger partial charge in [-0.1, -0.05) is 60.7 Å². The molecule has 0 N–H and O–H groups in total. The van der Waals surface area contributed by atoms with Crippen LogP contribution in [0.2, 0.25) is 0 Å². The van der Waals surface area contributed by atoms with Gasteiger partial charge in [0.2, 0.25) is 11.8 Å². The summed E-state index contributed by atoms with van der Waals surface area (Å²) in [5.41, 5.74) is 5.78. The van der Waals surface area contributed by atoms with Crippen molar-refractivity contribution in [3.63, 3.8) is 0 Å². The lowest BCUT2D eigenvalue weighted by atomic mass is 9.80. The van der Waals surface area contributed by atoms with Crippen molar-refractivity contribution < 1.29 is 9.47 Å². The fourth-order valence-corrected chi connectivity index (χ4v) is 4.63. The number of benzene rings is 2. The summed E-state index contributed by atoms with van der Waals surface area (Å²) in [7, 11) is 0. The van der Waals surface area contributed by atoms with Gasteiger partial charge in [0, 0.05) is 22.3 Å². The van der Waals surface area contributed by atoms with E-state index in [1.165, 1.54) is 0 Å². The topological polar surface area (TPSA) is 43.2 Å². The number of rotatable bonds is 5. The zero-order valence-corrected chi connectivity index (χ0v) is 19.9. The highest BCUT2D eigenvalue weighted by Gasteiger charge is 2.48. The molecular weight excluding hydrogens is 396 g/mol. The lowest BCUT2D eigenvalue weighted by Gasteiger charge is -2.29. The van der Waals surface area contributed by atoms with Crippen LogP contribution in [0.25, 0.3) is 0 Å². The van der Waals surface area contributed by atoms with Gasteiger partial charge in [-0.15, -0.1) is 0 Å². The first kappa shape index (κ1) is 22.1. The first-order valence-electron chi connectivity index (χ1n) is 11.2. The molecule has 32 heavy (non-hydrogen) atoms. The number of hydrogen-bond acceptors (Lipinski definition) is 4. The minimum atomic E-state index is -0.494. The van der Waals surface area contributed by atoms with E-state index >= 15 is 0 Å². The van der Waals surface area contributed by atoms with Crippen LogP contribution >= 0.6 is 0 Å². The highest BCUT2D eigenvalue weighted by atomic mass is 16.5. The molecule has 0 fully saturated rings. The van der Waals surface area contributed by atoms with Gasteiger partial charge in [0.05, 0.1) is 13.1 Å². The van der Waals surface area contributed by atoms with Crippen molar-refractivity contribution in [1.82, 2.24) is 0 Å². The van der Waals surface area contributed by atoms with Crippen LogP contribution in [0.4, 0.5) is 0 Å². The molecule has 0 radical (unpaired) electrons. The molecule has 0 saturated carbocycles. The summed E-state index contributed by atoms with van der Waals surface area (Å²) in [5, 5.41) is 0. The van der Waals surface area contributed by atoms with E-state index < -0.39 is 11.2 Å². The van der Waals surface area contributed by atoms with Gasteiger partial charge < -0.3 is 9.47 Å². The second kappa shape index (κ2) is 8.42. The second-order valence-electron chi connectivity index (χ2n) is 9.44. The molecule has 0 spiro atoms. The van der Waals surface area contributed by atoms with E-state index in [4.69, 9.17) is 19.5 Å². The van der Waals surface area contributed by atoms with Gasteiger partial charge in [0.15, 0.2) is 0 Å². The minimum absolute atomic E-state index is 0.494. The summed E-state index contributed by atoms with van der Waals surface area (Å²) in [6, 6.07) is 20.5. The molecule has 0 unspecified atom stereocenters. The van der Waals surface area contributed by atoms with Gasteiger partial charge in [0.1, 0.15) is 11.2 Å². The first-order chi connectivity index (χ1) is 15.2. The zero-order chi connectivity index (χ0) is 22.9. The Bertz CT molecular complexity index is 1030. The molecule has 0 amide bonds. The van der Waals surface area contributed by atoms with Crippen LogP contribution in [0.1, 0.15) is 52.7 Å². The summed E-state index contributed by atoms with van der Waals surface area (Å²) < 4.78 is 12.7. The molecule has 4 nitrogen and oxygen atoms in total. The summed E-state index contributed by atoms with van der Waals surface area (Å²) in [4.78, 5) is 9.60. The highest BCUT2D eigenvalue weighted by molar-refractivity contribution is 6.02. The van der Waals surface area contributed by atoms with Crippen LogP contribution in [0.5, 0.6) is 0 Å². The molecule has 0 atom stereocenters. The van der Waals surface area contributed by atoms with E-state index in [1.807, 2.05) is 36.4 Å². The molecule has 2 heterocycles. The Balaban J connectivity index is 1.70. The molecule has 0 saturated heterocycles. The van der Waals surface area contributed by atoms with Gasteiger partial charge in [-0.3, -0.25) is 0 Å². The van der Waals surface area contributed by atoms with Crippen LogP contribution in [0.3, 0.4) is 0 Å². The van der Waals surface area contributed by atoms with Crippen LogP contribution in [0, 0.1) is 0 Å². The molecule has 0 bridgehead atoms. The van der Waals surface area contributed by atoms with Gasteiger partial charge in [-0.05, 0) is 52.7 Å². The molecule has 0 aromatic heterocycles. The Morgan fingerprint density at radius 1 is 0.594 bits per heavy atom. The predicted octanol–water partition coefficient (Wildman–Crippen LogP) is 6.43. The van der Waals surface area contributed by atoms with Crippen molar-refractivity contribution in [2.24, 2.45) is 9.98 Å². The number of hydrogen-bond donors (Lipinski definition) is 0. The molecule has 2 aliphatic heterocycles. The van der Waals surface area contributed by atoms with Gasteiger partial charge >= 0.3 is 0 Å². The molecule has 166 valence electrons. The fraction of sp³-hybridized carbons (Fsp3) is 0.357. The third-order valence-electron chi connectivity index (χ3n) is 6.05. The van der Waals surface area contributed by atoms with E-state index in [0.29, 0.717) is 24.9 Å². The SMILES string of the molecule is CC1=C(C2=C(C)C(=NCc3ccccc3)OC2(C)C)C(C)(C)OC1=NCc1ccccc1. The Labute approximate surface area is 191 Å². The maximum atomic E-state index is 6.36. The monoisotopic (exact) mass is 428 g/mol. The summed E-state index contributed by atoms with van der Waals surface area (Å²) in [6.07, 6.45) is 0. The maximum absolute atomic E-state index is 6.36. The second-order valence-corrected chi connectivity index (χ2v) is 9.44. The zero-order valence-electron chi connectivity index (χ0n) is 19.9. The van der Waals surface area contributed by atoms with Crippen molar-refractivity contribution in [2.45, 2.75) is 65.8 Å². The molecule has 2 aliphatic rings. The van der Waals surface area contributed by atoms with E-state index in [9.17, 15) is 0 Å². The van der Waals surface area contributed by atoms with E-state index in [1.54, 1.807) is 0 Å². The van der Waals surface area contributed by atoms with E-state index in [0.717, 1.165) is 33.4 Å². The summed E-state index contributed by atoms with van der Waals surface area (Å²) in [6.45, 7) is 13.8. The van der Waals surface area contributed by atoms with Gasteiger partial charge in [0.25, 0.3) is 0 Å². The lowest BCUT2D eigenvalue weighted by molar-refractivity contribution is 0.126. The van der Waals surface area contributed by atoms with Gasteiger partial charge in [-0.25, -0.2) is 9.98 Å². The third kappa shape index (κ3) is 4.27. The van der Waals surface area contributed by atoms with Crippen molar-refractivity contribution in [3.05, 3.63) is 94.1 Å². The first-order valence-corrected chi connectivity index (χ1v) is 11.2. The smallest absolute Gasteiger partial charge is 0.213 e. The molecule has 4 heteroatoms. The van der Waals surface area contributed by atoms with Crippen LogP contribution in [-0.2, 0) is 22.6 Å². The van der Waals surface area contributed by atoms with E-state index in [2.05, 4.69) is 65.8 Å².